The zero-order valence-electron chi connectivity index (χ0n) is 12.1. The number of methoxy groups -OCH3 is 1. The van der Waals surface area contributed by atoms with Crippen molar-refractivity contribution in [1.82, 2.24) is 5.32 Å². The van der Waals surface area contributed by atoms with Gasteiger partial charge in [0.2, 0.25) is 0 Å². The molecule has 2 N–H and O–H groups in total. The minimum Gasteiger partial charge on any atom is -0.465 e. The summed E-state index contributed by atoms with van der Waals surface area (Å²) in [6.45, 7) is 0. The van der Waals surface area contributed by atoms with Gasteiger partial charge in [-0.2, -0.15) is 0 Å². The Hall–Kier alpha value is -2.44. The van der Waals surface area contributed by atoms with Gasteiger partial charge in [0.1, 0.15) is 0 Å². The summed E-state index contributed by atoms with van der Waals surface area (Å²) in [5.41, 5.74) is 1.18. The summed E-state index contributed by atoms with van der Waals surface area (Å²) in [6.07, 6.45) is 0. The Balaban J connectivity index is 2.07. The van der Waals surface area contributed by atoms with E-state index in [0.29, 0.717) is 21.8 Å². The van der Waals surface area contributed by atoms with Crippen molar-refractivity contribution in [3.63, 3.8) is 0 Å². The quantitative estimate of drug-likeness (QED) is 0.658. The molecule has 0 bridgehead atoms. The summed E-state index contributed by atoms with van der Waals surface area (Å²) in [7, 11) is 1.29. The van der Waals surface area contributed by atoms with Crippen LogP contribution in [0, 0.1) is 0 Å². The molecule has 2 aromatic rings. The Morgan fingerprint density at radius 1 is 1.09 bits per heavy atom. The summed E-state index contributed by atoms with van der Waals surface area (Å²) in [4.78, 5) is 23.7. The number of carbonyl (C=O) groups is 2. The maximum Gasteiger partial charge on any atom is 0.339 e. The average molecular weight is 349 g/mol. The maximum atomic E-state index is 12.1. The van der Waals surface area contributed by atoms with E-state index in [2.05, 4.69) is 10.6 Å². The molecule has 0 unspecified atom stereocenters. The molecular formula is C16H13ClN2O3S. The predicted octanol–water partition coefficient (Wildman–Crippen LogP) is 3.25. The lowest BCUT2D eigenvalue weighted by Crippen LogP contribution is -2.34. The monoisotopic (exact) mass is 348 g/mol. The Kier molecular flexibility index (Phi) is 5.67. The lowest BCUT2D eigenvalue weighted by atomic mass is 10.2. The van der Waals surface area contributed by atoms with Gasteiger partial charge in [0, 0.05) is 10.6 Å². The van der Waals surface area contributed by atoms with Crippen molar-refractivity contribution in [2.45, 2.75) is 0 Å². The summed E-state index contributed by atoms with van der Waals surface area (Å²) in [5, 5.41) is 5.95. The van der Waals surface area contributed by atoms with Gasteiger partial charge in [0.05, 0.1) is 18.4 Å². The molecule has 0 heterocycles. The molecule has 5 nitrogen and oxygen atoms in total. The summed E-state index contributed by atoms with van der Waals surface area (Å²) in [5.74, 6) is -0.880. The molecule has 0 fully saturated rings. The van der Waals surface area contributed by atoms with Crippen LogP contribution in [0.3, 0.4) is 0 Å². The number of para-hydroxylation sites is 1. The number of thiocarbonyl (C=S) groups is 1. The van der Waals surface area contributed by atoms with Crippen molar-refractivity contribution in [2.75, 3.05) is 12.4 Å². The fraction of sp³-hybridized carbons (Fsp3) is 0.0625. The molecule has 0 aliphatic carbocycles. The summed E-state index contributed by atoms with van der Waals surface area (Å²) < 4.78 is 4.70. The first kappa shape index (κ1) is 16.9. The fourth-order valence-electron chi connectivity index (χ4n) is 1.81. The van der Waals surface area contributed by atoms with E-state index in [4.69, 9.17) is 28.6 Å². The van der Waals surface area contributed by atoms with Crippen molar-refractivity contribution in [1.29, 1.82) is 0 Å². The second kappa shape index (κ2) is 7.71. The van der Waals surface area contributed by atoms with Gasteiger partial charge >= 0.3 is 5.97 Å². The Morgan fingerprint density at radius 2 is 1.74 bits per heavy atom. The zero-order chi connectivity index (χ0) is 16.8. The largest absolute Gasteiger partial charge is 0.465 e. The molecule has 1 amide bonds. The highest BCUT2D eigenvalue weighted by molar-refractivity contribution is 7.80. The predicted molar refractivity (Wildman–Crippen MR) is 92.9 cm³/mol. The molecular weight excluding hydrogens is 336 g/mol. The fourth-order valence-corrected chi connectivity index (χ4v) is 2.14. The summed E-state index contributed by atoms with van der Waals surface area (Å²) in [6, 6.07) is 13.1. The van der Waals surface area contributed by atoms with Crippen LogP contribution in [0.5, 0.6) is 0 Å². The normalized spacial score (nSPS) is 9.83. The van der Waals surface area contributed by atoms with Crippen LogP contribution in [0.25, 0.3) is 0 Å². The van der Waals surface area contributed by atoms with Crippen molar-refractivity contribution in [2.24, 2.45) is 0 Å². The SMILES string of the molecule is COC(=O)c1ccccc1NC(=S)NC(=O)c1ccc(Cl)cc1. The van der Waals surface area contributed by atoms with Crippen molar-refractivity contribution in [3.05, 3.63) is 64.7 Å². The lowest BCUT2D eigenvalue weighted by molar-refractivity contribution is 0.0602. The molecule has 0 atom stereocenters. The van der Waals surface area contributed by atoms with Gasteiger partial charge in [-0.25, -0.2) is 4.79 Å². The van der Waals surface area contributed by atoms with Crippen molar-refractivity contribution >= 4 is 46.5 Å². The van der Waals surface area contributed by atoms with Crippen LogP contribution in [0.2, 0.25) is 5.02 Å². The molecule has 0 saturated carbocycles. The minimum atomic E-state index is -0.500. The number of carbonyl (C=O) groups excluding carboxylic acids is 2. The number of ether oxygens (including phenoxy) is 1. The standard InChI is InChI=1S/C16H13ClN2O3S/c1-22-15(21)12-4-2-3-5-13(12)18-16(23)19-14(20)10-6-8-11(17)9-7-10/h2-9H,1H3,(H2,18,19,20,23). The van der Waals surface area contributed by atoms with E-state index in [0.717, 1.165) is 0 Å². The molecule has 2 rings (SSSR count). The highest BCUT2D eigenvalue weighted by atomic mass is 35.5. The molecule has 0 spiro atoms. The van der Waals surface area contributed by atoms with Crippen LogP contribution in [0.15, 0.2) is 48.5 Å². The van der Waals surface area contributed by atoms with E-state index in [1.54, 1.807) is 48.5 Å². The molecule has 0 aliphatic rings. The Labute approximate surface area is 143 Å². The first-order valence-corrected chi connectivity index (χ1v) is 7.35. The van der Waals surface area contributed by atoms with E-state index >= 15 is 0 Å². The van der Waals surface area contributed by atoms with E-state index in [-0.39, 0.29) is 11.0 Å². The van der Waals surface area contributed by atoms with Crippen LogP contribution < -0.4 is 10.6 Å². The molecule has 23 heavy (non-hydrogen) atoms. The number of anilines is 1. The highest BCUT2D eigenvalue weighted by Gasteiger charge is 2.13. The maximum absolute atomic E-state index is 12.1. The van der Waals surface area contributed by atoms with E-state index in [1.807, 2.05) is 0 Å². The second-order valence-corrected chi connectivity index (χ2v) is 5.30. The smallest absolute Gasteiger partial charge is 0.339 e. The minimum absolute atomic E-state index is 0.0707. The van der Waals surface area contributed by atoms with Crippen molar-refractivity contribution in [3.8, 4) is 0 Å². The topological polar surface area (TPSA) is 67.4 Å². The molecule has 118 valence electrons. The number of rotatable bonds is 3. The lowest BCUT2D eigenvalue weighted by Gasteiger charge is -2.12. The number of esters is 1. The van der Waals surface area contributed by atoms with Crippen LogP contribution in [-0.4, -0.2) is 24.1 Å². The molecule has 0 radical (unpaired) electrons. The van der Waals surface area contributed by atoms with Gasteiger partial charge in [-0.05, 0) is 48.6 Å². The van der Waals surface area contributed by atoms with Gasteiger partial charge in [0.25, 0.3) is 5.91 Å². The van der Waals surface area contributed by atoms with Gasteiger partial charge in [-0.15, -0.1) is 0 Å². The number of benzene rings is 2. The number of nitrogens with one attached hydrogen (secondary N) is 2. The average Bonchev–Trinajstić information content (AvgIpc) is 2.55. The number of hydrogen-bond acceptors (Lipinski definition) is 4. The van der Waals surface area contributed by atoms with E-state index < -0.39 is 5.97 Å². The number of amides is 1. The van der Waals surface area contributed by atoms with Crippen molar-refractivity contribution < 1.29 is 14.3 Å². The first-order chi connectivity index (χ1) is 11.0. The van der Waals surface area contributed by atoms with Crippen LogP contribution >= 0.6 is 23.8 Å². The van der Waals surface area contributed by atoms with Gasteiger partial charge in [-0.3, -0.25) is 10.1 Å². The molecule has 0 aromatic heterocycles. The first-order valence-electron chi connectivity index (χ1n) is 6.56. The van der Waals surface area contributed by atoms with Gasteiger partial charge < -0.3 is 10.1 Å². The van der Waals surface area contributed by atoms with E-state index in [9.17, 15) is 9.59 Å². The third kappa shape index (κ3) is 4.51. The third-order valence-electron chi connectivity index (χ3n) is 2.91. The zero-order valence-corrected chi connectivity index (χ0v) is 13.7. The molecule has 0 aliphatic heterocycles. The van der Waals surface area contributed by atoms with E-state index in [1.165, 1.54) is 7.11 Å². The Morgan fingerprint density at radius 3 is 2.39 bits per heavy atom. The van der Waals surface area contributed by atoms with Crippen LogP contribution in [0.4, 0.5) is 5.69 Å². The Bertz CT molecular complexity index is 747. The molecule has 2 aromatic carbocycles. The second-order valence-electron chi connectivity index (χ2n) is 4.45. The number of hydrogen-bond donors (Lipinski definition) is 2. The molecule has 0 saturated heterocycles. The third-order valence-corrected chi connectivity index (χ3v) is 3.37. The van der Waals surface area contributed by atoms with Crippen LogP contribution in [-0.2, 0) is 4.74 Å². The molecule has 7 heteroatoms. The number of halogens is 1. The highest BCUT2D eigenvalue weighted by Crippen LogP contribution is 2.16. The van der Waals surface area contributed by atoms with Crippen LogP contribution in [0.1, 0.15) is 20.7 Å². The van der Waals surface area contributed by atoms with Gasteiger partial charge in [-0.1, -0.05) is 23.7 Å². The van der Waals surface area contributed by atoms with Gasteiger partial charge in [0.15, 0.2) is 5.11 Å². The summed E-state index contributed by atoms with van der Waals surface area (Å²) >= 11 is 10.9.